The molecule has 2 heteroatoms. The lowest BCUT2D eigenvalue weighted by Crippen LogP contribution is -2.16. The van der Waals surface area contributed by atoms with Crippen molar-refractivity contribution in [2.45, 2.75) is 79.1 Å². The maximum atomic E-state index is 11.5. The van der Waals surface area contributed by atoms with Crippen LogP contribution in [0.25, 0.3) is 0 Å². The molecule has 0 aliphatic carbocycles. The number of rotatable bonds is 11. The number of carbonyl (C=O) groups excluding carboxylic acids is 1. The zero-order valence-electron chi connectivity index (χ0n) is 12.8. The molecule has 0 saturated carbocycles. The van der Waals surface area contributed by atoms with Gasteiger partial charge in [-0.1, -0.05) is 53.4 Å². The first-order chi connectivity index (χ1) is 8.63. The summed E-state index contributed by atoms with van der Waals surface area (Å²) in [6, 6.07) is 0. The fraction of sp³-hybridized carbons (Fsp3) is 0.938. The number of hydrogen-bond acceptors (Lipinski definition) is 2. The molecule has 18 heavy (non-hydrogen) atoms. The second kappa shape index (κ2) is 11.6. The Kier molecular flexibility index (Phi) is 11.2. The topological polar surface area (TPSA) is 26.3 Å². The predicted octanol–water partition coefficient (Wildman–Crippen LogP) is 4.96. The van der Waals surface area contributed by atoms with Crippen molar-refractivity contribution in [2.75, 3.05) is 6.61 Å². The molecule has 0 heterocycles. The maximum Gasteiger partial charge on any atom is 0.305 e. The molecule has 0 aromatic rings. The van der Waals surface area contributed by atoms with Crippen molar-refractivity contribution >= 4 is 5.97 Å². The number of ether oxygens (including phenoxy) is 1. The normalized spacial score (nSPS) is 14.2. The number of esters is 1. The Morgan fingerprint density at radius 1 is 1.06 bits per heavy atom. The molecule has 0 aliphatic rings. The molecule has 2 atom stereocenters. The highest BCUT2D eigenvalue weighted by molar-refractivity contribution is 5.69. The van der Waals surface area contributed by atoms with Gasteiger partial charge in [0.05, 0.1) is 6.61 Å². The Hall–Kier alpha value is -0.530. The van der Waals surface area contributed by atoms with E-state index in [1.807, 2.05) is 0 Å². The van der Waals surface area contributed by atoms with Gasteiger partial charge in [0.1, 0.15) is 0 Å². The van der Waals surface area contributed by atoms with Gasteiger partial charge in [-0.05, 0) is 31.1 Å². The third-order valence-corrected chi connectivity index (χ3v) is 3.43. The van der Waals surface area contributed by atoms with Crippen molar-refractivity contribution in [3.05, 3.63) is 0 Å². The summed E-state index contributed by atoms with van der Waals surface area (Å²) in [6.07, 6.45) is 8.67. The second-order valence-electron chi connectivity index (χ2n) is 5.57. The van der Waals surface area contributed by atoms with E-state index in [1.165, 1.54) is 32.1 Å². The fourth-order valence-electron chi connectivity index (χ4n) is 2.46. The van der Waals surface area contributed by atoms with Gasteiger partial charge >= 0.3 is 5.97 Å². The molecule has 0 aromatic carbocycles. The van der Waals surface area contributed by atoms with Crippen LogP contribution in [0.2, 0.25) is 0 Å². The van der Waals surface area contributed by atoms with Crippen LogP contribution >= 0.6 is 0 Å². The second-order valence-corrected chi connectivity index (χ2v) is 5.57. The summed E-state index contributed by atoms with van der Waals surface area (Å²) in [7, 11) is 0. The minimum absolute atomic E-state index is 0.0129. The lowest BCUT2D eigenvalue weighted by atomic mass is 9.90. The zero-order chi connectivity index (χ0) is 13.8. The molecule has 0 aliphatic heterocycles. The molecule has 0 N–H and O–H groups in total. The first kappa shape index (κ1) is 17.5. The van der Waals surface area contributed by atoms with Crippen molar-refractivity contribution in [2.24, 2.45) is 11.8 Å². The van der Waals surface area contributed by atoms with Crippen LogP contribution in [0.15, 0.2) is 0 Å². The van der Waals surface area contributed by atoms with Crippen LogP contribution in [0.4, 0.5) is 0 Å². The first-order valence-corrected chi connectivity index (χ1v) is 7.79. The van der Waals surface area contributed by atoms with Crippen molar-refractivity contribution in [1.82, 2.24) is 0 Å². The molecule has 0 fully saturated rings. The number of carbonyl (C=O) groups is 1. The number of unbranched alkanes of at least 4 members (excludes halogenated alkanes) is 1. The molecule has 0 aromatic heterocycles. The molecule has 0 bridgehead atoms. The summed E-state index contributed by atoms with van der Waals surface area (Å²) in [5.74, 6) is 1.30. The monoisotopic (exact) mass is 256 g/mol. The van der Waals surface area contributed by atoms with Gasteiger partial charge in [0.15, 0.2) is 0 Å². The van der Waals surface area contributed by atoms with Crippen LogP contribution in [-0.2, 0) is 9.53 Å². The first-order valence-electron chi connectivity index (χ1n) is 7.79. The van der Waals surface area contributed by atoms with Crippen LogP contribution < -0.4 is 0 Å². The highest BCUT2D eigenvalue weighted by Crippen LogP contribution is 2.21. The summed E-state index contributed by atoms with van der Waals surface area (Å²) >= 11 is 0. The third kappa shape index (κ3) is 9.49. The average molecular weight is 256 g/mol. The predicted molar refractivity (Wildman–Crippen MR) is 77.6 cm³/mol. The fourth-order valence-corrected chi connectivity index (χ4v) is 2.46. The summed E-state index contributed by atoms with van der Waals surface area (Å²) < 4.78 is 5.40. The zero-order valence-corrected chi connectivity index (χ0v) is 12.8. The largest absolute Gasteiger partial charge is 0.465 e. The van der Waals surface area contributed by atoms with E-state index in [2.05, 4.69) is 27.7 Å². The standard InChI is InChI=1S/C16H32O2/c1-5-8-11-16(17)18-13-15(10-7-3)12-14(4)9-6-2/h14-15H,5-13H2,1-4H3. The van der Waals surface area contributed by atoms with E-state index >= 15 is 0 Å². The molecule has 0 amide bonds. The lowest BCUT2D eigenvalue weighted by Gasteiger charge is -2.20. The summed E-state index contributed by atoms with van der Waals surface area (Å²) in [5, 5.41) is 0. The van der Waals surface area contributed by atoms with Gasteiger partial charge in [0, 0.05) is 6.42 Å². The van der Waals surface area contributed by atoms with Crippen molar-refractivity contribution in [3.8, 4) is 0 Å². The van der Waals surface area contributed by atoms with Crippen LogP contribution in [0.1, 0.15) is 79.1 Å². The van der Waals surface area contributed by atoms with E-state index in [0.717, 1.165) is 18.8 Å². The SMILES string of the molecule is CCCCC(=O)OCC(CCC)CC(C)CCC. The van der Waals surface area contributed by atoms with E-state index in [9.17, 15) is 4.79 Å². The van der Waals surface area contributed by atoms with E-state index in [4.69, 9.17) is 4.74 Å². The van der Waals surface area contributed by atoms with Gasteiger partial charge in [-0.2, -0.15) is 0 Å². The van der Waals surface area contributed by atoms with E-state index < -0.39 is 0 Å². The molecule has 0 saturated heterocycles. The quantitative estimate of drug-likeness (QED) is 0.488. The lowest BCUT2D eigenvalue weighted by molar-refractivity contribution is -0.145. The molecule has 2 nitrogen and oxygen atoms in total. The molecule has 108 valence electrons. The van der Waals surface area contributed by atoms with Crippen LogP contribution in [0, 0.1) is 11.8 Å². The van der Waals surface area contributed by atoms with Crippen molar-refractivity contribution in [3.63, 3.8) is 0 Å². The third-order valence-electron chi connectivity index (χ3n) is 3.43. The Morgan fingerprint density at radius 2 is 1.72 bits per heavy atom. The Labute approximate surface area is 113 Å². The van der Waals surface area contributed by atoms with Gasteiger partial charge in [0.2, 0.25) is 0 Å². The summed E-state index contributed by atoms with van der Waals surface area (Å²) in [6.45, 7) is 9.47. The molecular weight excluding hydrogens is 224 g/mol. The molecule has 0 rings (SSSR count). The smallest absolute Gasteiger partial charge is 0.305 e. The van der Waals surface area contributed by atoms with Crippen molar-refractivity contribution < 1.29 is 9.53 Å². The Balaban J connectivity index is 3.91. The molecular formula is C16H32O2. The number of hydrogen-bond donors (Lipinski definition) is 0. The van der Waals surface area contributed by atoms with Gasteiger partial charge < -0.3 is 4.74 Å². The van der Waals surface area contributed by atoms with Crippen molar-refractivity contribution in [1.29, 1.82) is 0 Å². The van der Waals surface area contributed by atoms with E-state index in [1.54, 1.807) is 0 Å². The molecule has 0 radical (unpaired) electrons. The van der Waals surface area contributed by atoms with Crippen LogP contribution in [0.5, 0.6) is 0 Å². The highest BCUT2D eigenvalue weighted by atomic mass is 16.5. The minimum atomic E-state index is -0.0129. The Bertz CT molecular complexity index is 201. The summed E-state index contributed by atoms with van der Waals surface area (Å²) in [4.78, 5) is 11.5. The highest BCUT2D eigenvalue weighted by Gasteiger charge is 2.14. The molecule has 0 spiro atoms. The minimum Gasteiger partial charge on any atom is -0.465 e. The molecule has 2 unspecified atom stereocenters. The van der Waals surface area contributed by atoms with Gasteiger partial charge in [-0.25, -0.2) is 0 Å². The average Bonchev–Trinajstić information content (AvgIpc) is 2.34. The van der Waals surface area contributed by atoms with Crippen LogP contribution in [0.3, 0.4) is 0 Å². The van der Waals surface area contributed by atoms with Gasteiger partial charge in [-0.3, -0.25) is 4.79 Å². The Morgan fingerprint density at radius 3 is 2.28 bits per heavy atom. The van der Waals surface area contributed by atoms with Gasteiger partial charge in [-0.15, -0.1) is 0 Å². The maximum absolute atomic E-state index is 11.5. The summed E-state index contributed by atoms with van der Waals surface area (Å²) in [5.41, 5.74) is 0. The van der Waals surface area contributed by atoms with E-state index in [0.29, 0.717) is 18.9 Å². The van der Waals surface area contributed by atoms with E-state index in [-0.39, 0.29) is 5.97 Å². The van der Waals surface area contributed by atoms with Crippen LogP contribution in [-0.4, -0.2) is 12.6 Å². The van der Waals surface area contributed by atoms with Gasteiger partial charge in [0.25, 0.3) is 0 Å².